The molecule has 2 aliphatic rings. The molecule has 0 bridgehead atoms. The van der Waals surface area contributed by atoms with Crippen LogP contribution in [0.15, 0.2) is 18.5 Å². The minimum absolute atomic E-state index is 0.0307. The first-order chi connectivity index (χ1) is 12.1. The largest absolute Gasteiger partial charge is 0.374 e. The van der Waals surface area contributed by atoms with Crippen molar-refractivity contribution in [3.8, 4) is 6.07 Å². The van der Waals surface area contributed by atoms with Gasteiger partial charge in [-0.05, 0) is 18.9 Å². The fourth-order valence-corrected chi connectivity index (χ4v) is 3.85. The number of amides is 1. The van der Waals surface area contributed by atoms with E-state index < -0.39 is 5.54 Å². The number of hydrogen-bond acceptors (Lipinski definition) is 5. The van der Waals surface area contributed by atoms with E-state index in [1.807, 2.05) is 16.9 Å². The lowest BCUT2D eigenvalue weighted by Crippen LogP contribution is -2.54. The zero-order valence-corrected chi connectivity index (χ0v) is 14.9. The van der Waals surface area contributed by atoms with Gasteiger partial charge in [0.05, 0.1) is 31.9 Å². The van der Waals surface area contributed by atoms with E-state index in [4.69, 9.17) is 4.74 Å². The first kappa shape index (κ1) is 17.9. The van der Waals surface area contributed by atoms with Crippen molar-refractivity contribution in [2.45, 2.75) is 50.3 Å². The molecule has 7 heteroatoms. The molecule has 1 aliphatic heterocycles. The van der Waals surface area contributed by atoms with E-state index >= 15 is 0 Å². The van der Waals surface area contributed by atoms with Crippen LogP contribution >= 0.6 is 0 Å². The van der Waals surface area contributed by atoms with Crippen molar-refractivity contribution in [3.05, 3.63) is 18.5 Å². The normalized spacial score (nSPS) is 23.8. The van der Waals surface area contributed by atoms with E-state index in [9.17, 15) is 10.1 Å². The summed E-state index contributed by atoms with van der Waals surface area (Å²) >= 11 is 0. The van der Waals surface area contributed by atoms with Gasteiger partial charge in [0.15, 0.2) is 0 Å². The summed E-state index contributed by atoms with van der Waals surface area (Å²) in [6, 6.07) is 4.32. The minimum atomic E-state index is -0.615. The first-order valence-electron chi connectivity index (χ1n) is 9.12. The molecule has 1 atom stereocenters. The molecule has 1 saturated carbocycles. The Bertz CT molecular complexity index is 603. The van der Waals surface area contributed by atoms with Gasteiger partial charge >= 0.3 is 0 Å². The first-order valence-corrected chi connectivity index (χ1v) is 9.12. The van der Waals surface area contributed by atoms with E-state index in [0.717, 1.165) is 38.6 Å². The number of carbonyl (C=O) groups excluding carboxylic acids is 1. The Morgan fingerprint density at radius 3 is 2.92 bits per heavy atom. The molecular weight excluding hydrogens is 318 g/mol. The monoisotopic (exact) mass is 345 g/mol. The summed E-state index contributed by atoms with van der Waals surface area (Å²) in [6.45, 7) is 3.11. The molecule has 3 rings (SSSR count). The standard InChI is InChI=1S/C18H27N5O2/c1-21(18(15-19)6-3-2-4-7-18)17(24)14-22-10-11-25-16(12-22)13-23-9-5-8-20-23/h5,8-9,16H,2-4,6-7,10-14H2,1H3/t16-/m0/s1. The number of aromatic nitrogens is 2. The quantitative estimate of drug-likeness (QED) is 0.803. The van der Waals surface area contributed by atoms with Crippen LogP contribution in [0.1, 0.15) is 32.1 Å². The average Bonchev–Trinajstić information content (AvgIpc) is 3.15. The Labute approximate surface area is 149 Å². The van der Waals surface area contributed by atoms with Gasteiger partial charge in [-0.15, -0.1) is 0 Å². The Morgan fingerprint density at radius 2 is 2.24 bits per heavy atom. The molecule has 7 nitrogen and oxygen atoms in total. The number of carbonyl (C=O) groups is 1. The molecule has 0 aromatic carbocycles. The van der Waals surface area contributed by atoms with Crippen molar-refractivity contribution in [2.75, 3.05) is 33.3 Å². The molecule has 1 aromatic rings. The smallest absolute Gasteiger partial charge is 0.237 e. The second-order valence-corrected chi connectivity index (χ2v) is 7.11. The predicted molar refractivity (Wildman–Crippen MR) is 92.6 cm³/mol. The van der Waals surface area contributed by atoms with E-state index in [0.29, 0.717) is 26.2 Å². The van der Waals surface area contributed by atoms with Crippen LogP contribution in [0, 0.1) is 11.3 Å². The highest BCUT2D eigenvalue weighted by Crippen LogP contribution is 2.32. The SMILES string of the molecule is CN(C(=O)CN1CCO[C@H](Cn2cccn2)C1)C1(C#N)CCCCC1. The second-order valence-electron chi connectivity index (χ2n) is 7.11. The van der Waals surface area contributed by atoms with Crippen molar-refractivity contribution in [3.63, 3.8) is 0 Å². The zero-order valence-electron chi connectivity index (χ0n) is 14.9. The molecular formula is C18H27N5O2. The second kappa shape index (κ2) is 7.98. The molecule has 2 heterocycles. The molecule has 0 unspecified atom stereocenters. The van der Waals surface area contributed by atoms with Crippen LogP contribution in [-0.2, 0) is 16.1 Å². The van der Waals surface area contributed by atoms with Gasteiger partial charge in [-0.2, -0.15) is 10.4 Å². The highest BCUT2D eigenvalue weighted by atomic mass is 16.5. The van der Waals surface area contributed by atoms with Gasteiger partial charge in [0, 0.05) is 32.5 Å². The lowest BCUT2D eigenvalue weighted by molar-refractivity contribution is -0.138. The Hall–Kier alpha value is -1.91. The van der Waals surface area contributed by atoms with Crippen molar-refractivity contribution >= 4 is 5.91 Å². The summed E-state index contributed by atoms with van der Waals surface area (Å²) < 4.78 is 7.66. The maximum Gasteiger partial charge on any atom is 0.237 e. The Morgan fingerprint density at radius 1 is 1.44 bits per heavy atom. The summed E-state index contributed by atoms with van der Waals surface area (Å²) in [5.74, 6) is 0.0307. The van der Waals surface area contributed by atoms with Crippen LogP contribution in [0.25, 0.3) is 0 Å². The molecule has 25 heavy (non-hydrogen) atoms. The molecule has 1 saturated heterocycles. The highest BCUT2D eigenvalue weighted by molar-refractivity contribution is 5.79. The summed E-state index contributed by atoms with van der Waals surface area (Å²) in [5, 5.41) is 13.9. The molecule has 0 spiro atoms. The van der Waals surface area contributed by atoms with Crippen molar-refractivity contribution in [2.24, 2.45) is 0 Å². The molecule has 1 amide bonds. The lowest BCUT2D eigenvalue weighted by Gasteiger charge is -2.40. The molecule has 1 aromatic heterocycles. The van der Waals surface area contributed by atoms with E-state index in [2.05, 4.69) is 16.1 Å². The maximum atomic E-state index is 12.8. The number of rotatable bonds is 5. The van der Waals surface area contributed by atoms with Crippen molar-refractivity contribution < 1.29 is 9.53 Å². The van der Waals surface area contributed by atoms with Gasteiger partial charge in [0.2, 0.25) is 5.91 Å². The van der Waals surface area contributed by atoms with Crippen LogP contribution in [0.4, 0.5) is 0 Å². The predicted octanol–water partition coefficient (Wildman–Crippen LogP) is 1.27. The van der Waals surface area contributed by atoms with Crippen LogP contribution in [0.3, 0.4) is 0 Å². The third-order valence-corrected chi connectivity index (χ3v) is 5.44. The number of nitrogens with zero attached hydrogens (tertiary/aromatic N) is 5. The molecule has 136 valence electrons. The van der Waals surface area contributed by atoms with Crippen LogP contribution < -0.4 is 0 Å². The molecule has 0 N–H and O–H groups in total. The van der Waals surface area contributed by atoms with Gasteiger partial charge in [-0.25, -0.2) is 0 Å². The van der Waals surface area contributed by atoms with Crippen molar-refractivity contribution in [1.82, 2.24) is 19.6 Å². The zero-order chi connectivity index (χ0) is 17.7. The molecule has 0 radical (unpaired) electrons. The van der Waals surface area contributed by atoms with Gasteiger partial charge in [0.25, 0.3) is 0 Å². The van der Waals surface area contributed by atoms with Gasteiger partial charge in [-0.1, -0.05) is 19.3 Å². The summed E-state index contributed by atoms with van der Waals surface area (Å²) in [6.07, 6.45) is 8.48. The van der Waals surface area contributed by atoms with E-state index in [1.54, 1.807) is 18.1 Å². The minimum Gasteiger partial charge on any atom is -0.374 e. The van der Waals surface area contributed by atoms with Crippen LogP contribution in [0.5, 0.6) is 0 Å². The Kier molecular flexibility index (Phi) is 5.71. The summed E-state index contributed by atoms with van der Waals surface area (Å²) in [4.78, 5) is 16.6. The average molecular weight is 345 g/mol. The Balaban J connectivity index is 1.55. The van der Waals surface area contributed by atoms with Crippen LogP contribution in [0.2, 0.25) is 0 Å². The summed E-state index contributed by atoms with van der Waals surface area (Å²) in [5.41, 5.74) is -0.615. The third kappa shape index (κ3) is 4.20. The van der Waals surface area contributed by atoms with Gasteiger partial charge in [-0.3, -0.25) is 14.4 Å². The molecule has 2 fully saturated rings. The van der Waals surface area contributed by atoms with Crippen molar-refractivity contribution in [1.29, 1.82) is 5.26 Å². The highest BCUT2D eigenvalue weighted by Gasteiger charge is 2.39. The van der Waals surface area contributed by atoms with Gasteiger partial charge < -0.3 is 9.64 Å². The fraction of sp³-hybridized carbons (Fsp3) is 0.722. The van der Waals surface area contributed by atoms with E-state index in [-0.39, 0.29) is 12.0 Å². The number of nitriles is 1. The fourth-order valence-electron chi connectivity index (χ4n) is 3.85. The third-order valence-electron chi connectivity index (χ3n) is 5.44. The van der Waals surface area contributed by atoms with Crippen LogP contribution in [-0.4, -0.2) is 70.4 Å². The number of likely N-dealkylation sites (N-methyl/N-ethyl adjacent to an activating group) is 1. The summed E-state index contributed by atoms with van der Waals surface area (Å²) in [7, 11) is 1.79. The lowest BCUT2D eigenvalue weighted by atomic mass is 9.81. The van der Waals surface area contributed by atoms with Gasteiger partial charge in [0.1, 0.15) is 5.54 Å². The van der Waals surface area contributed by atoms with E-state index in [1.165, 1.54) is 0 Å². The number of hydrogen-bond donors (Lipinski definition) is 0. The number of morpholine rings is 1. The number of ether oxygens (including phenoxy) is 1. The molecule has 1 aliphatic carbocycles. The maximum absolute atomic E-state index is 12.8. The topological polar surface area (TPSA) is 74.4 Å².